The molecular weight excluding hydrogens is 422 g/mol. The van der Waals surface area contributed by atoms with Gasteiger partial charge in [0, 0.05) is 29.6 Å². The smallest absolute Gasteiger partial charge is 0.313 e. The number of pyridine rings is 1. The van der Waals surface area contributed by atoms with Gasteiger partial charge in [-0.3, -0.25) is 14.7 Å². The Hall–Kier alpha value is -3.21. The predicted octanol–water partition coefficient (Wildman–Crippen LogP) is 5.75. The van der Waals surface area contributed by atoms with Crippen molar-refractivity contribution in [2.75, 3.05) is 7.05 Å². The molecule has 2 heterocycles. The molecule has 5 nitrogen and oxygen atoms in total. The van der Waals surface area contributed by atoms with E-state index in [1.807, 2.05) is 12.1 Å². The molecule has 4 rings (SSSR count). The van der Waals surface area contributed by atoms with Crippen molar-refractivity contribution in [3.8, 4) is 0 Å². The Labute approximate surface area is 203 Å². The number of urea groups is 1. The number of aryl methyl sites for hydroxylation is 1. The largest absolute Gasteiger partial charge is 0.327 e. The summed E-state index contributed by atoms with van der Waals surface area (Å²) in [5, 5.41) is 0. The molecule has 178 valence electrons. The number of nitrogens with zero attached hydrogens (tertiary/aromatic N) is 3. The van der Waals surface area contributed by atoms with Gasteiger partial charge in [0.15, 0.2) is 0 Å². The Morgan fingerprint density at radius 2 is 1.56 bits per heavy atom. The van der Waals surface area contributed by atoms with Crippen LogP contribution in [0.4, 0.5) is 4.79 Å². The van der Waals surface area contributed by atoms with Crippen molar-refractivity contribution in [2.45, 2.75) is 71.4 Å². The summed E-state index contributed by atoms with van der Waals surface area (Å²) in [6.07, 6.45) is 6.33. The lowest BCUT2D eigenvalue weighted by atomic mass is 9.67. The van der Waals surface area contributed by atoms with Crippen molar-refractivity contribution in [3.05, 3.63) is 82.7 Å². The molecule has 34 heavy (non-hydrogen) atoms. The number of hydrogen-bond donors (Lipinski definition) is 0. The van der Waals surface area contributed by atoms with Crippen LogP contribution in [0.3, 0.4) is 0 Å². The van der Waals surface area contributed by atoms with Gasteiger partial charge in [-0.25, -0.2) is 4.79 Å². The van der Waals surface area contributed by atoms with Crippen LogP contribution in [0.1, 0.15) is 75.1 Å². The third-order valence-electron chi connectivity index (χ3n) is 7.59. The summed E-state index contributed by atoms with van der Waals surface area (Å²) in [5.74, 6) is -0.197. The number of carbonyl (C=O) groups is 2. The Kier molecular flexibility index (Phi) is 5.39. The van der Waals surface area contributed by atoms with E-state index >= 15 is 0 Å². The van der Waals surface area contributed by atoms with Gasteiger partial charge in [0.05, 0.1) is 12.2 Å². The summed E-state index contributed by atoms with van der Waals surface area (Å²) in [4.78, 5) is 32.6. The number of benzene rings is 1. The van der Waals surface area contributed by atoms with Crippen LogP contribution in [0.2, 0.25) is 0 Å². The van der Waals surface area contributed by atoms with Gasteiger partial charge in [0.1, 0.15) is 5.54 Å². The third-order valence-corrected chi connectivity index (χ3v) is 7.59. The lowest BCUT2D eigenvalue weighted by Crippen LogP contribution is -2.41. The molecule has 1 aromatic heterocycles. The van der Waals surface area contributed by atoms with Gasteiger partial charge in [0.25, 0.3) is 5.91 Å². The van der Waals surface area contributed by atoms with E-state index in [0.29, 0.717) is 0 Å². The predicted molar refractivity (Wildman–Crippen MR) is 137 cm³/mol. The standard InChI is InChI=1S/C29H35N3O2/c1-18-14-22-23(28(5,6)13-12-27(22,3)4)15-21(18)19(2)24-11-10-20(16-30-24)17-32-25(33)29(7,8)31(9)26(32)34/h10-16H,2,17H2,1,3-9H3. The molecule has 0 N–H and O–H groups in total. The fraction of sp³-hybridized carbons (Fsp3) is 0.414. The van der Waals surface area contributed by atoms with Crippen LogP contribution >= 0.6 is 0 Å². The van der Waals surface area contributed by atoms with E-state index in [1.54, 1.807) is 27.1 Å². The Balaban J connectivity index is 1.61. The maximum atomic E-state index is 12.7. The zero-order valence-corrected chi connectivity index (χ0v) is 21.6. The summed E-state index contributed by atoms with van der Waals surface area (Å²) in [7, 11) is 1.66. The van der Waals surface area contributed by atoms with E-state index in [2.05, 4.69) is 70.5 Å². The molecule has 5 heteroatoms. The van der Waals surface area contributed by atoms with Crippen molar-refractivity contribution in [2.24, 2.45) is 0 Å². The summed E-state index contributed by atoms with van der Waals surface area (Å²) < 4.78 is 0. The van der Waals surface area contributed by atoms with E-state index < -0.39 is 5.54 Å². The maximum absolute atomic E-state index is 12.7. The van der Waals surface area contributed by atoms with Crippen molar-refractivity contribution in [1.29, 1.82) is 0 Å². The molecule has 1 aromatic carbocycles. The fourth-order valence-electron chi connectivity index (χ4n) is 4.83. The van der Waals surface area contributed by atoms with Gasteiger partial charge in [-0.2, -0.15) is 0 Å². The second-order valence-corrected chi connectivity index (χ2v) is 11.3. The quantitative estimate of drug-likeness (QED) is 0.434. The van der Waals surface area contributed by atoms with Crippen molar-refractivity contribution < 1.29 is 9.59 Å². The number of hydrogen-bond acceptors (Lipinski definition) is 3. The lowest BCUT2D eigenvalue weighted by Gasteiger charge is -2.37. The number of likely N-dealkylation sites (N-methyl/N-ethyl adjacent to an activating group) is 1. The molecule has 0 atom stereocenters. The van der Waals surface area contributed by atoms with E-state index in [9.17, 15) is 9.59 Å². The molecule has 2 aliphatic rings. The SMILES string of the molecule is C=C(c1ccc(CN2C(=O)N(C)C(C)(C)C2=O)cn1)c1cc2c(cc1C)C(C)(C)C=CC2(C)C. The highest BCUT2D eigenvalue weighted by atomic mass is 16.2. The van der Waals surface area contributed by atoms with Gasteiger partial charge in [-0.1, -0.05) is 58.6 Å². The van der Waals surface area contributed by atoms with Crippen LogP contribution in [0.15, 0.2) is 49.2 Å². The molecule has 0 spiro atoms. The fourth-order valence-corrected chi connectivity index (χ4v) is 4.83. The Bertz CT molecular complexity index is 1230. The zero-order chi connectivity index (χ0) is 25.2. The minimum absolute atomic E-state index is 0.0115. The number of aromatic nitrogens is 1. The topological polar surface area (TPSA) is 53.5 Å². The second kappa shape index (κ2) is 7.66. The van der Waals surface area contributed by atoms with Crippen LogP contribution < -0.4 is 0 Å². The van der Waals surface area contributed by atoms with Crippen molar-refractivity contribution in [3.63, 3.8) is 0 Å². The molecule has 0 saturated carbocycles. The average molecular weight is 458 g/mol. The Morgan fingerprint density at radius 1 is 0.971 bits per heavy atom. The number of fused-ring (bicyclic) bond motifs is 1. The molecule has 0 unspecified atom stereocenters. The van der Waals surface area contributed by atoms with E-state index in [0.717, 1.165) is 22.4 Å². The van der Waals surface area contributed by atoms with Crippen molar-refractivity contribution in [1.82, 2.24) is 14.8 Å². The first-order valence-corrected chi connectivity index (χ1v) is 11.8. The van der Waals surface area contributed by atoms with Crippen LogP contribution in [0, 0.1) is 6.92 Å². The zero-order valence-electron chi connectivity index (χ0n) is 21.6. The summed E-state index contributed by atoms with van der Waals surface area (Å²) in [6, 6.07) is 8.12. The molecule has 0 bridgehead atoms. The number of imide groups is 1. The highest BCUT2D eigenvalue weighted by molar-refractivity contribution is 6.06. The highest BCUT2D eigenvalue weighted by Crippen LogP contribution is 2.43. The lowest BCUT2D eigenvalue weighted by molar-refractivity contribution is -0.132. The van der Waals surface area contributed by atoms with Gasteiger partial charge in [0.2, 0.25) is 0 Å². The van der Waals surface area contributed by atoms with Crippen LogP contribution in [-0.4, -0.2) is 39.3 Å². The summed E-state index contributed by atoms with van der Waals surface area (Å²) in [5.41, 5.74) is 6.49. The number of carbonyl (C=O) groups excluding carboxylic acids is 2. The first-order valence-electron chi connectivity index (χ1n) is 11.8. The molecule has 3 amide bonds. The minimum atomic E-state index is -0.833. The van der Waals surface area contributed by atoms with E-state index in [-0.39, 0.29) is 29.3 Å². The molecule has 1 saturated heterocycles. The molecule has 0 radical (unpaired) electrons. The van der Waals surface area contributed by atoms with E-state index in [1.165, 1.54) is 26.5 Å². The monoisotopic (exact) mass is 457 g/mol. The summed E-state index contributed by atoms with van der Waals surface area (Å²) in [6.45, 7) is 19.2. The normalized spacial score (nSPS) is 20.0. The number of allylic oxidation sites excluding steroid dienone is 2. The second-order valence-electron chi connectivity index (χ2n) is 11.3. The molecule has 1 fully saturated rings. The molecule has 1 aliphatic carbocycles. The van der Waals surface area contributed by atoms with Crippen LogP contribution in [0.5, 0.6) is 0 Å². The van der Waals surface area contributed by atoms with Crippen LogP contribution in [0.25, 0.3) is 5.57 Å². The van der Waals surface area contributed by atoms with Gasteiger partial charge < -0.3 is 4.90 Å². The average Bonchev–Trinajstić information content (AvgIpc) is 2.91. The first-order chi connectivity index (χ1) is 15.7. The van der Waals surface area contributed by atoms with Gasteiger partial charge in [-0.05, 0) is 60.7 Å². The van der Waals surface area contributed by atoms with E-state index in [4.69, 9.17) is 0 Å². The van der Waals surface area contributed by atoms with Crippen molar-refractivity contribution >= 4 is 17.5 Å². The molecule has 2 aromatic rings. The minimum Gasteiger partial charge on any atom is -0.313 e. The number of amides is 3. The van der Waals surface area contributed by atoms with Crippen LogP contribution in [-0.2, 0) is 22.2 Å². The molecule has 1 aliphatic heterocycles. The maximum Gasteiger partial charge on any atom is 0.327 e. The van der Waals surface area contributed by atoms with Gasteiger partial charge in [-0.15, -0.1) is 0 Å². The highest BCUT2D eigenvalue weighted by Gasteiger charge is 2.49. The number of rotatable bonds is 4. The summed E-state index contributed by atoms with van der Waals surface area (Å²) >= 11 is 0. The first kappa shape index (κ1) is 23.9. The van der Waals surface area contributed by atoms with Gasteiger partial charge >= 0.3 is 6.03 Å². The Morgan fingerprint density at radius 3 is 2.06 bits per heavy atom. The third kappa shape index (κ3) is 3.67. The molecular formula is C29H35N3O2.